The fourth-order valence-corrected chi connectivity index (χ4v) is 1.99. The Morgan fingerprint density at radius 1 is 1.00 bits per heavy atom. The van der Waals surface area contributed by atoms with Crippen LogP contribution in [0, 0.1) is 0 Å². The lowest BCUT2D eigenvalue weighted by molar-refractivity contribution is -0.130. The largest absolute Gasteiger partial charge is 0.353 e. The second-order valence-corrected chi connectivity index (χ2v) is 5.62. The molecule has 2 rings (SSSR count). The number of piperazine rings is 1. The van der Waals surface area contributed by atoms with Gasteiger partial charge in [0.2, 0.25) is 11.8 Å². The van der Waals surface area contributed by atoms with E-state index in [4.69, 9.17) is 0 Å². The summed E-state index contributed by atoms with van der Waals surface area (Å²) < 4.78 is 0. The zero-order chi connectivity index (χ0) is 13.3. The molecule has 96 valence electrons. The van der Waals surface area contributed by atoms with Gasteiger partial charge in [-0.15, -0.1) is 0 Å². The molecule has 1 heterocycles. The van der Waals surface area contributed by atoms with E-state index in [1.54, 1.807) is 4.90 Å². The van der Waals surface area contributed by atoms with Crippen molar-refractivity contribution in [3.63, 3.8) is 0 Å². The maximum atomic E-state index is 11.3. The number of nitrogens with one attached hydrogen (secondary N) is 1. The standard InChI is InChI=1S/C14H18N2O2/c1-14(2,3)10-4-6-11(7-5-10)16-8-12(17)15-13(18)9-16/h4-7H,8-9H2,1-3H3,(H,15,17,18). The number of imide groups is 1. The molecule has 0 atom stereocenters. The number of anilines is 1. The first-order chi connectivity index (χ1) is 8.36. The van der Waals surface area contributed by atoms with Crippen molar-refractivity contribution in [1.82, 2.24) is 5.32 Å². The third-order valence-electron chi connectivity index (χ3n) is 3.05. The van der Waals surface area contributed by atoms with Gasteiger partial charge >= 0.3 is 0 Å². The van der Waals surface area contributed by atoms with Crippen LogP contribution >= 0.6 is 0 Å². The van der Waals surface area contributed by atoms with Crippen LogP contribution in [0.25, 0.3) is 0 Å². The highest BCUT2D eigenvalue weighted by molar-refractivity contribution is 6.02. The Balaban J connectivity index is 2.19. The average Bonchev–Trinajstić information content (AvgIpc) is 2.27. The fraction of sp³-hybridized carbons (Fsp3) is 0.429. The third-order valence-corrected chi connectivity index (χ3v) is 3.05. The van der Waals surface area contributed by atoms with E-state index in [9.17, 15) is 9.59 Å². The average molecular weight is 246 g/mol. The summed E-state index contributed by atoms with van der Waals surface area (Å²) in [6.45, 7) is 6.93. The van der Waals surface area contributed by atoms with E-state index in [2.05, 4.69) is 26.1 Å². The molecule has 1 aromatic rings. The van der Waals surface area contributed by atoms with Crippen LogP contribution in [0.3, 0.4) is 0 Å². The molecule has 1 aromatic carbocycles. The van der Waals surface area contributed by atoms with Crippen molar-refractivity contribution in [1.29, 1.82) is 0 Å². The van der Waals surface area contributed by atoms with Gasteiger partial charge in [0, 0.05) is 5.69 Å². The maximum absolute atomic E-state index is 11.3. The molecule has 4 heteroatoms. The lowest BCUT2D eigenvalue weighted by atomic mass is 9.87. The van der Waals surface area contributed by atoms with Crippen LogP contribution in [0.4, 0.5) is 5.69 Å². The molecule has 4 nitrogen and oxygen atoms in total. The van der Waals surface area contributed by atoms with E-state index in [1.807, 2.05) is 24.3 Å². The molecule has 1 aliphatic rings. The first-order valence-corrected chi connectivity index (χ1v) is 6.04. The van der Waals surface area contributed by atoms with Crippen molar-refractivity contribution >= 4 is 17.5 Å². The second-order valence-electron chi connectivity index (χ2n) is 5.62. The second kappa shape index (κ2) is 4.44. The Hall–Kier alpha value is -1.84. The van der Waals surface area contributed by atoms with Crippen molar-refractivity contribution in [2.24, 2.45) is 0 Å². The van der Waals surface area contributed by atoms with E-state index in [0.29, 0.717) is 0 Å². The Kier molecular flexibility index (Phi) is 3.11. The Morgan fingerprint density at radius 2 is 1.50 bits per heavy atom. The molecule has 0 radical (unpaired) electrons. The Bertz CT molecular complexity index is 456. The molecule has 0 aliphatic carbocycles. The third kappa shape index (κ3) is 2.70. The highest BCUT2D eigenvalue weighted by Crippen LogP contribution is 2.25. The zero-order valence-corrected chi connectivity index (χ0v) is 11.0. The summed E-state index contributed by atoms with van der Waals surface area (Å²) in [6, 6.07) is 8.03. The van der Waals surface area contributed by atoms with Crippen LogP contribution in [0.5, 0.6) is 0 Å². The predicted molar refractivity (Wildman–Crippen MR) is 70.5 cm³/mol. The summed E-state index contributed by atoms with van der Waals surface area (Å²) in [6.07, 6.45) is 0. The van der Waals surface area contributed by atoms with Gasteiger partial charge in [-0.1, -0.05) is 32.9 Å². The van der Waals surface area contributed by atoms with Crippen LogP contribution in [-0.2, 0) is 15.0 Å². The maximum Gasteiger partial charge on any atom is 0.246 e. The quantitative estimate of drug-likeness (QED) is 0.763. The van der Waals surface area contributed by atoms with Gasteiger partial charge < -0.3 is 4.90 Å². The highest BCUT2D eigenvalue weighted by Gasteiger charge is 2.23. The van der Waals surface area contributed by atoms with Gasteiger partial charge in [0.25, 0.3) is 0 Å². The molecule has 0 aromatic heterocycles. The number of hydrogen-bond acceptors (Lipinski definition) is 3. The zero-order valence-electron chi connectivity index (χ0n) is 11.0. The normalized spacial score (nSPS) is 16.7. The number of benzene rings is 1. The fourth-order valence-electron chi connectivity index (χ4n) is 1.99. The molecule has 2 amide bonds. The molecule has 1 aliphatic heterocycles. The summed E-state index contributed by atoms with van der Waals surface area (Å²) in [7, 11) is 0. The molecule has 1 fully saturated rings. The lowest BCUT2D eigenvalue weighted by Gasteiger charge is -2.28. The van der Waals surface area contributed by atoms with Crippen molar-refractivity contribution in [2.75, 3.05) is 18.0 Å². The summed E-state index contributed by atoms with van der Waals surface area (Å²) in [5.74, 6) is -0.489. The van der Waals surface area contributed by atoms with E-state index < -0.39 is 0 Å². The van der Waals surface area contributed by atoms with E-state index in [-0.39, 0.29) is 30.3 Å². The first kappa shape index (κ1) is 12.6. The van der Waals surface area contributed by atoms with Gasteiger partial charge in [0.1, 0.15) is 0 Å². The van der Waals surface area contributed by atoms with Crippen molar-refractivity contribution in [2.45, 2.75) is 26.2 Å². The van der Waals surface area contributed by atoms with Crippen molar-refractivity contribution in [3.8, 4) is 0 Å². The summed E-state index contributed by atoms with van der Waals surface area (Å²) >= 11 is 0. The molecular weight excluding hydrogens is 228 g/mol. The molecule has 18 heavy (non-hydrogen) atoms. The molecule has 0 unspecified atom stereocenters. The van der Waals surface area contributed by atoms with Crippen molar-refractivity contribution < 1.29 is 9.59 Å². The highest BCUT2D eigenvalue weighted by atomic mass is 16.2. The van der Waals surface area contributed by atoms with Gasteiger partial charge in [0.05, 0.1) is 13.1 Å². The number of nitrogens with zero attached hydrogens (tertiary/aromatic N) is 1. The summed E-state index contributed by atoms with van der Waals surface area (Å²) in [5, 5.41) is 2.30. The number of carbonyl (C=O) groups excluding carboxylic acids is 2. The number of amides is 2. The molecule has 1 saturated heterocycles. The number of hydrogen-bond donors (Lipinski definition) is 1. The van der Waals surface area contributed by atoms with Crippen LogP contribution in [0.2, 0.25) is 0 Å². The molecule has 0 spiro atoms. The minimum atomic E-state index is -0.244. The summed E-state index contributed by atoms with van der Waals surface area (Å²) in [5.41, 5.74) is 2.25. The lowest BCUT2D eigenvalue weighted by Crippen LogP contribution is -2.51. The first-order valence-electron chi connectivity index (χ1n) is 6.04. The van der Waals surface area contributed by atoms with E-state index in [1.165, 1.54) is 5.56 Å². The molecule has 1 N–H and O–H groups in total. The van der Waals surface area contributed by atoms with Gasteiger partial charge in [-0.3, -0.25) is 14.9 Å². The molecular formula is C14H18N2O2. The van der Waals surface area contributed by atoms with E-state index in [0.717, 1.165) is 5.69 Å². The van der Waals surface area contributed by atoms with Gasteiger partial charge in [-0.2, -0.15) is 0 Å². The predicted octanol–water partition coefficient (Wildman–Crippen LogP) is 1.45. The minimum absolute atomic E-state index is 0.105. The molecule has 0 saturated carbocycles. The number of rotatable bonds is 1. The topological polar surface area (TPSA) is 49.4 Å². The van der Waals surface area contributed by atoms with Gasteiger partial charge in [-0.25, -0.2) is 0 Å². The van der Waals surface area contributed by atoms with Crippen LogP contribution in [-0.4, -0.2) is 24.9 Å². The van der Waals surface area contributed by atoms with Gasteiger partial charge in [0.15, 0.2) is 0 Å². The van der Waals surface area contributed by atoms with Crippen LogP contribution < -0.4 is 10.2 Å². The number of carbonyl (C=O) groups is 2. The minimum Gasteiger partial charge on any atom is -0.353 e. The van der Waals surface area contributed by atoms with Crippen LogP contribution in [0.15, 0.2) is 24.3 Å². The van der Waals surface area contributed by atoms with Crippen molar-refractivity contribution in [3.05, 3.63) is 29.8 Å². The monoisotopic (exact) mass is 246 g/mol. The van der Waals surface area contributed by atoms with Gasteiger partial charge in [-0.05, 0) is 23.1 Å². The molecule has 0 bridgehead atoms. The smallest absolute Gasteiger partial charge is 0.246 e. The SMILES string of the molecule is CC(C)(C)c1ccc(N2CC(=O)NC(=O)C2)cc1. The van der Waals surface area contributed by atoms with Crippen LogP contribution in [0.1, 0.15) is 26.3 Å². The Morgan fingerprint density at radius 3 is 1.94 bits per heavy atom. The summed E-state index contributed by atoms with van der Waals surface area (Å²) in [4.78, 5) is 24.4. The van der Waals surface area contributed by atoms with E-state index >= 15 is 0 Å². The Labute approximate surface area is 107 Å².